The number of aliphatic hydroxyl groups excluding tert-OH is 3. The molecule has 0 amide bonds. The van der Waals surface area contributed by atoms with Crippen LogP contribution in [0.4, 0.5) is 0 Å². The maximum absolute atomic E-state index is 12.3. The molecular weight excluding hydrogens is 343 g/mol. The fourth-order valence-corrected chi connectivity index (χ4v) is 5.11. The Balaban J connectivity index is 2.10. The Morgan fingerprint density at radius 3 is 1.80 bits per heavy atom. The van der Waals surface area contributed by atoms with Gasteiger partial charge in [-0.1, -0.05) is 64.7 Å². The molecule has 0 aromatic rings. The van der Waals surface area contributed by atoms with Crippen LogP contribution in [0.25, 0.3) is 0 Å². The molecule has 0 aromatic heterocycles. The molecule has 0 aromatic carbocycles. The van der Waals surface area contributed by atoms with Gasteiger partial charge in [0.2, 0.25) is 7.37 Å². The number of ether oxygens (including phenoxy) is 1. The van der Waals surface area contributed by atoms with Crippen LogP contribution in [-0.4, -0.2) is 63.6 Å². The Morgan fingerprint density at radius 1 is 0.840 bits per heavy atom. The Kier molecular flexibility index (Phi) is 11.5. The maximum Gasteiger partial charge on any atom is 0.203 e. The first-order valence-electron chi connectivity index (χ1n) is 9.84. The van der Waals surface area contributed by atoms with E-state index in [0.29, 0.717) is 6.42 Å². The van der Waals surface area contributed by atoms with Gasteiger partial charge in [0.05, 0.1) is 18.9 Å². The van der Waals surface area contributed by atoms with Gasteiger partial charge in [-0.3, -0.25) is 4.57 Å². The quantitative estimate of drug-likeness (QED) is 0.273. The highest BCUT2D eigenvalue weighted by Crippen LogP contribution is 2.44. The fourth-order valence-electron chi connectivity index (χ4n) is 3.35. The Morgan fingerprint density at radius 2 is 1.32 bits per heavy atom. The first-order chi connectivity index (χ1) is 11.9. The second-order valence-corrected chi connectivity index (χ2v) is 9.82. The minimum Gasteiger partial charge on any atom is -0.394 e. The normalized spacial score (nSPS) is 29.0. The molecule has 4 N–H and O–H groups in total. The summed E-state index contributed by atoms with van der Waals surface area (Å²) < 4.78 is 17.6. The van der Waals surface area contributed by atoms with Crippen molar-refractivity contribution in [1.82, 2.24) is 0 Å². The van der Waals surface area contributed by atoms with Crippen LogP contribution in [-0.2, 0) is 9.30 Å². The van der Waals surface area contributed by atoms with Crippen molar-refractivity contribution in [3.05, 3.63) is 0 Å². The highest BCUT2D eigenvalue weighted by Gasteiger charge is 2.44. The number of hydrogen-bond acceptors (Lipinski definition) is 5. The SMILES string of the molecule is CCCCCCCCCCCCP(=O)(O)C[C@@H]1O[C@H](CO)[C@@H](O)[C@@H]1O. The smallest absolute Gasteiger partial charge is 0.203 e. The van der Waals surface area contributed by atoms with Gasteiger partial charge < -0.3 is 24.9 Å². The summed E-state index contributed by atoms with van der Waals surface area (Å²) in [6, 6.07) is 0. The van der Waals surface area contributed by atoms with E-state index in [1.54, 1.807) is 0 Å². The predicted molar refractivity (Wildman–Crippen MR) is 99.2 cm³/mol. The zero-order valence-corrected chi connectivity index (χ0v) is 16.4. The standard InChI is InChI=1S/C18H37O6P/c1-2-3-4-5-6-7-8-9-10-11-12-25(22,23)14-16-18(21)17(20)15(13-19)24-16/h15-21H,2-14H2,1H3,(H,22,23)/t15-,16+,17-,18-/m1/s1. The molecule has 1 rings (SSSR count). The highest BCUT2D eigenvalue weighted by molar-refractivity contribution is 7.58. The number of unbranched alkanes of at least 4 members (excludes halogenated alkanes) is 9. The summed E-state index contributed by atoms with van der Waals surface area (Å²) in [5.41, 5.74) is 0. The van der Waals surface area contributed by atoms with Crippen molar-refractivity contribution in [1.29, 1.82) is 0 Å². The number of hydrogen-bond donors (Lipinski definition) is 4. The summed E-state index contributed by atoms with van der Waals surface area (Å²) in [5.74, 6) is 0. The minimum absolute atomic E-state index is 0.168. The summed E-state index contributed by atoms with van der Waals surface area (Å²) in [6.45, 7) is 1.80. The van der Waals surface area contributed by atoms with Gasteiger partial charge in [0, 0.05) is 6.16 Å². The van der Waals surface area contributed by atoms with Crippen molar-refractivity contribution in [3.63, 3.8) is 0 Å². The van der Waals surface area contributed by atoms with E-state index in [-0.39, 0.29) is 12.3 Å². The van der Waals surface area contributed by atoms with Gasteiger partial charge in [0.25, 0.3) is 0 Å². The van der Waals surface area contributed by atoms with Gasteiger partial charge in [-0.2, -0.15) is 0 Å². The zero-order valence-electron chi connectivity index (χ0n) is 15.6. The second-order valence-electron chi connectivity index (χ2n) is 7.31. The molecule has 6 nitrogen and oxygen atoms in total. The molecule has 1 aliphatic heterocycles. The van der Waals surface area contributed by atoms with Crippen LogP contribution in [0.5, 0.6) is 0 Å². The third kappa shape index (κ3) is 8.98. The Labute approximate surface area is 152 Å². The first-order valence-corrected chi connectivity index (χ1v) is 11.9. The molecule has 1 heterocycles. The van der Waals surface area contributed by atoms with E-state index < -0.39 is 38.4 Å². The molecule has 0 saturated carbocycles. The van der Waals surface area contributed by atoms with Crippen molar-refractivity contribution >= 4 is 7.37 Å². The fraction of sp³-hybridized carbons (Fsp3) is 1.00. The summed E-state index contributed by atoms with van der Waals surface area (Å²) >= 11 is 0. The molecule has 1 aliphatic rings. The number of aliphatic hydroxyl groups is 3. The first kappa shape index (κ1) is 23.1. The van der Waals surface area contributed by atoms with Crippen LogP contribution < -0.4 is 0 Å². The van der Waals surface area contributed by atoms with Crippen LogP contribution >= 0.6 is 7.37 Å². The molecule has 1 unspecified atom stereocenters. The average molecular weight is 380 g/mol. The van der Waals surface area contributed by atoms with Gasteiger partial charge in [-0.05, 0) is 6.42 Å². The average Bonchev–Trinajstić information content (AvgIpc) is 2.84. The molecule has 0 bridgehead atoms. The van der Waals surface area contributed by atoms with Crippen LogP contribution in [0.3, 0.4) is 0 Å². The Hall–Kier alpha value is 0.0300. The molecule has 150 valence electrons. The molecule has 0 spiro atoms. The van der Waals surface area contributed by atoms with Crippen LogP contribution in [0, 0.1) is 0 Å². The van der Waals surface area contributed by atoms with Gasteiger partial charge in [-0.25, -0.2) is 0 Å². The molecule has 0 radical (unpaired) electrons. The lowest BCUT2D eigenvalue weighted by molar-refractivity contribution is -0.0168. The van der Waals surface area contributed by atoms with E-state index in [4.69, 9.17) is 9.84 Å². The summed E-state index contributed by atoms with van der Waals surface area (Å²) in [6.07, 6.45) is 7.51. The molecule has 25 heavy (non-hydrogen) atoms. The van der Waals surface area contributed by atoms with Crippen LogP contribution in [0.2, 0.25) is 0 Å². The molecule has 0 aliphatic carbocycles. The van der Waals surface area contributed by atoms with Crippen molar-refractivity contribution < 1.29 is 29.5 Å². The van der Waals surface area contributed by atoms with Gasteiger partial charge >= 0.3 is 0 Å². The minimum atomic E-state index is -3.39. The molecule has 7 heteroatoms. The molecule has 1 saturated heterocycles. The monoisotopic (exact) mass is 380 g/mol. The van der Waals surface area contributed by atoms with Gasteiger partial charge in [0.1, 0.15) is 18.3 Å². The van der Waals surface area contributed by atoms with E-state index in [1.165, 1.54) is 44.9 Å². The molecular formula is C18H37O6P. The summed E-state index contributed by atoms with van der Waals surface area (Å²) in [4.78, 5) is 10.1. The lowest BCUT2D eigenvalue weighted by Gasteiger charge is -2.18. The Bertz CT molecular complexity index is 392. The van der Waals surface area contributed by atoms with E-state index in [2.05, 4.69) is 6.92 Å². The van der Waals surface area contributed by atoms with E-state index in [0.717, 1.165) is 12.8 Å². The zero-order chi connectivity index (χ0) is 18.7. The van der Waals surface area contributed by atoms with Crippen LogP contribution in [0.1, 0.15) is 71.1 Å². The van der Waals surface area contributed by atoms with Crippen molar-refractivity contribution in [2.45, 2.75) is 95.5 Å². The third-order valence-corrected chi connectivity index (χ3v) is 6.91. The van der Waals surface area contributed by atoms with E-state index >= 15 is 0 Å². The van der Waals surface area contributed by atoms with Gasteiger partial charge in [0.15, 0.2) is 0 Å². The van der Waals surface area contributed by atoms with Crippen molar-refractivity contribution in [2.24, 2.45) is 0 Å². The van der Waals surface area contributed by atoms with Gasteiger partial charge in [-0.15, -0.1) is 0 Å². The number of rotatable bonds is 14. The lowest BCUT2D eigenvalue weighted by Crippen LogP contribution is -2.34. The van der Waals surface area contributed by atoms with E-state index in [1.807, 2.05) is 0 Å². The lowest BCUT2D eigenvalue weighted by atomic mass is 10.1. The second kappa shape index (κ2) is 12.4. The summed E-state index contributed by atoms with van der Waals surface area (Å²) in [5, 5.41) is 28.6. The topological polar surface area (TPSA) is 107 Å². The van der Waals surface area contributed by atoms with Crippen molar-refractivity contribution in [2.75, 3.05) is 18.9 Å². The predicted octanol–water partition coefficient (Wildman–Crippen LogP) is 2.66. The summed E-state index contributed by atoms with van der Waals surface area (Å²) in [7, 11) is -3.39. The third-order valence-electron chi connectivity index (χ3n) is 4.97. The largest absolute Gasteiger partial charge is 0.394 e. The van der Waals surface area contributed by atoms with Crippen molar-refractivity contribution in [3.8, 4) is 0 Å². The highest BCUT2D eigenvalue weighted by atomic mass is 31.2. The maximum atomic E-state index is 12.3. The molecule has 5 atom stereocenters. The van der Waals surface area contributed by atoms with Crippen LogP contribution in [0.15, 0.2) is 0 Å². The molecule has 1 fully saturated rings. The van der Waals surface area contributed by atoms with E-state index in [9.17, 15) is 19.7 Å².